The summed E-state index contributed by atoms with van der Waals surface area (Å²) in [5.41, 5.74) is 2.14. The van der Waals surface area contributed by atoms with Crippen molar-refractivity contribution < 1.29 is 14.3 Å². The summed E-state index contributed by atoms with van der Waals surface area (Å²) < 4.78 is 5.89. The van der Waals surface area contributed by atoms with Gasteiger partial charge in [-0.15, -0.1) is 0 Å². The van der Waals surface area contributed by atoms with Crippen LogP contribution in [0.2, 0.25) is 0 Å². The number of hydrogen-bond acceptors (Lipinski definition) is 3. The van der Waals surface area contributed by atoms with Crippen LogP contribution in [0.15, 0.2) is 28.7 Å². The average Bonchev–Trinajstić information content (AvgIpc) is 3.04. The predicted molar refractivity (Wildman–Crippen MR) is 76.6 cm³/mol. The minimum absolute atomic E-state index is 0.224. The first-order valence-corrected chi connectivity index (χ1v) is 7.13. The van der Waals surface area contributed by atoms with Gasteiger partial charge in [-0.05, 0) is 19.0 Å². The molecule has 0 saturated carbocycles. The minimum Gasteiger partial charge on any atom is -0.481 e. The predicted octanol–water partition coefficient (Wildman–Crippen LogP) is 2.90. The maximum absolute atomic E-state index is 11.0. The highest BCUT2D eigenvalue weighted by atomic mass is 16.4. The van der Waals surface area contributed by atoms with Crippen molar-refractivity contribution in [3.63, 3.8) is 0 Å². The molecule has 0 aliphatic carbocycles. The van der Waals surface area contributed by atoms with Crippen LogP contribution in [-0.2, 0) is 17.8 Å². The Hall–Kier alpha value is -1.81. The SMILES string of the molecule is CCc1oc2ccccc2c1CN1CCC(C(=O)O)C1. The number of aliphatic carboxylic acids is 1. The molecule has 1 aromatic heterocycles. The summed E-state index contributed by atoms with van der Waals surface area (Å²) >= 11 is 0. The highest BCUT2D eigenvalue weighted by Crippen LogP contribution is 2.29. The van der Waals surface area contributed by atoms with E-state index in [0.29, 0.717) is 6.54 Å². The second-order valence-electron chi connectivity index (χ2n) is 5.41. The number of likely N-dealkylation sites (tertiary alicyclic amines) is 1. The molecule has 4 heteroatoms. The first-order valence-electron chi connectivity index (χ1n) is 7.13. The Balaban J connectivity index is 1.85. The smallest absolute Gasteiger partial charge is 0.307 e. The highest BCUT2D eigenvalue weighted by molar-refractivity contribution is 5.82. The summed E-state index contributed by atoms with van der Waals surface area (Å²) in [5, 5.41) is 10.2. The molecule has 1 unspecified atom stereocenters. The minimum atomic E-state index is -0.680. The number of rotatable bonds is 4. The number of nitrogens with zero attached hydrogens (tertiary/aromatic N) is 1. The van der Waals surface area contributed by atoms with Crippen molar-refractivity contribution in [2.45, 2.75) is 26.3 Å². The zero-order valence-electron chi connectivity index (χ0n) is 11.6. The molecule has 1 aromatic carbocycles. The van der Waals surface area contributed by atoms with Crippen LogP contribution in [-0.4, -0.2) is 29.1 Å². The van der Waals surface area contributed by atoms with E-state index in [2.05, 4.69) is 17.9 Å². The van der Waals surface area contributed by atoms with Crippen LogP contribution in [0.4, 0.5) is 0 Å². The summed E-state index contributed by atoms with van der Waals surface area (Å²) in [5.74, 6) is 0.114. The zero-order valence-corrected chi connectivity index (χ0v) is 11.6. The zero-order chi connectivity index (χ0) is 14.1. The molecule has 0 amide bonds. The third kappa shape index (κ3) is 2.31. The third-order valence-corrected chi connectivity index (χ3v) is 4.11. The molecule has 1 atom stereocenters. The third-order valence-electron chi connectivity index (χ3n) is 4.11. The number of aryl methyl sites for hydroxylation is 1. The van der Waals surface area contributed by atoms with Crippen LogP contribution < -0.4 is 0 Å². The van der Waals surface area contributed by atoms with Gasteiger partial charge in [0.2, 0.25) is 0 Å². The summed E-state index contributed by atoms with van der Waals surface area (Å²) in [6, 6.07) is 8.07. The van der Waals surface area contributed by atoms with Gasteiger partial charge in [0.05, 0.1) is 5.92 Å². The van der Waals surface area contributed by atoms with Crippen LogP contribution in [0.3, 0.4) is 0 Å². The first kappa shape index (κ1) is 13.2. The Labute approximate surface area is 118 Å². The van der Waals surface area contributed by atoms with Crippen molar-refractivity contribution in [2.24, 2.45) is 5.92 Å². The second-order valence-corrected chi connectivity index (χ2v) is 5.41. The normalized spacial score (nSPS) is 19.8. The van der Waals surface area contributed by atoms with E-state index in [1.807, 2.05) is 18.2 Å². The Morgan fingerprint density at radius 2 is 2.25 bits per heavy atom. The molecule has 0 radical (unpaired) electrons. The van der Waals surface area contributed by atoms with Gasteiger partial charge in [-0.3, -0.25) is 9.69 Å². The van der Waals surface area contributed by atoms with Gasteiger partial charge in [-0.25, -0.2) is 0 Å². The number of furan rings is 1. The van der Waals surface area contributed by atoms with Crippen molar-refractivity contribution in [2.75, 3.05) is 13.1 Å². The fraction of sp³-hybridized carbons (Fsp3) is 0.438. The highest BCUT2D eigenvalue weighted by Gasteiger charge is 2.29. The molecule has 4 nitrogen and oxygen atoms in total. The van der Waals surface area contributed by atoms with Crippen LogP contribution in [0.25, 0.3) is 11.0 Å². The number of carboxylic acid groups (broad SMARTS) is 1. The van der Waals surface area contributed by atoms with Gasteiger partial charge >= 0.3 is 5.97 Å². The fourth-order valence-corrected chi connectivity index (χ4v) is 3.01. The number of para-hydroxylation sites is 1. The molecular formula is C16H19NO3. The molecule has 1 aliphatic rings. The number of fused-ring (bicyclic) bond motifs is 1. The van der Waals surface area contributed by atoms with Crippen molar-refractivity contribution in [1.82, 2.24) is 4.90 Å². The summed E-state index contributed by atoms with van der Waals surface area (Å²) in [6.45, 7) is 4.35. The van der Waals surface area contributed by atoms with E-state index in [9.17, 15) is 4.79 Å². The van der Waals surface area contributed by atoms with E-state index in [4.69, 9.17) is 9.52 Å². The van der Waals surface area contributed by atoms with E-state index in [0.717, 1.165) is 42.7 Å². The van der Waals surface area contributed by atoms with Crippen LogP contribution in [0.1, 0.15) is 24.7 Å². The molecule has 2 heterocycles. The topological polar surface area (TPSA) is 53.7 Å². The molecule has 1 saturated heterocycles. The lowest BCUT2D eigenvalue weighted by molar-refractivity contribution is -0.141. The van der Waals surface area contributed by atoms with Gasteiger partial charge in [0.25, 0.3) is 0 Å². The quantitative estimate of drug-likeness (QED) is 0.930. The van der Waals surface area contributed by atoms with E-state index in [1.165, 1.54) is 5.56 Å². The standard InChI is InChI=1S/C16H19NO3/c1-2-14-13(12-5-3-4-6-15(12)20-14)10-17-8-7-11(9-17)16(18)19/h3-6,11H,2,7-10H2,1H3,(H,18,19). The van der Waals surface area contributed by atoms with Gasteiger partial charge in [-0.1, -0.05) is 25.1 Å². The molecule has 3 rings (SSSR count). The van der Waals surface area contributed by atoms with Gasteiger partial charge in [-0.2, -0.15) is 0 Å². The van der Waals surface area contributed by atoms with Gasteiger partial charge < -0.3 is 9.52 Å². The van der Waals surface area contributed by atoms with E-state index in [1.54, 1.807) is 0 Å². The lowest BCUT2D eigenvalue weighted by Crippen LogP contribution is -2.23. The first-order chi connectivity index (χ1) is 9.69. The Morgan fingerprint density at radius 1 is 1.45 bits per heavy atom. The maximum Gasteiger partial charge on any atom is 0.307 e. The van der Waals surface area contributed by atoms with E-state index < -0.39 is 5.97 Å². The molecule has 106 valence electrons. The number of hydrogen-bond donors (Lipinski definition) is 1. The fourth-order valence-electron chi connectivity index (χ4n) is 3.01. The molecule has 2 aromatic rings. The molecule has 1 fully saturated rings. The van der Waals surface area contributed by atoms with Crippen LogP contribution in [0, 0.1) is 5.92 Å². The van der Waals surface area contributed by atoms with Crippen LogP contribution in [0.5, 0.6) is 0 Å². The lowest BCUT2D eigenvalue weighted by atomic mass is 10.1. The largest absolute Gasteiger partial charge is 0.481 e. The van der Waals surface area contributed by atoms with E-state index in [-0.39, 0.29) is 5.92 Å². The number of carboxylic acids is 1. The van der Waals surface area contributed by atoms with Gasteiger partial charge in [0.15, 0.2) is 0 Å². The van der Waals surface area contributed by atoms with Crippen molar-refractivity contribution in [1.29, 1.82) is 0 Å². The molecule has 0 spiro atoms. The van der Waals surface area contributed by atoms with E-state index >= 15 is 0 Å². The number of carbonyl (C=O) groups is 1. The second kappa shape index (κ2) is 5.29. The monoisotopic (exact) mass is 273 g/mol. The molecule has 0 bridgehead atoms. The molecule has 1 N–H and O–H groups in total. The van der Waals surface area contributed by atoms with Gasteiger partial charge in [0.1, 0.15) is 11.3 Å². The molecular weight excluding hydrogens is 254 g/mol. The maximum atomic E-state index is 11.0. The summed E-state index contributed by atoms with van der Waals surface area (Å²) in [4.78, 5) is 13.3. The number of benzene rings is 1. The van der Waals surface area contributed by atoms with Crippen molar-refractivity contribution >= 4 is 16.9 Å². The molecule has 20 heavy (non-hydrogen) atoms. The Morgan fingerprint density at radius 3 is 2.95 bits per heavy atom. The van der Waals surface area contributed by atoms with Gasteiger partial charge in [0, 0.05) is 30.5 Å². The Kier molecular flexibility index (Phi) is 3.49. The summed E-state index contributed by atoms with van der Waals surface area (Å²) in [6.07, 6.45) is 1.60. The van der Waals surface area contributed by atoms with Crippen molar-refractivity contribution in [3.05, 3.63) is 35.6 Å². The average molecular weight is 273 g/mol. The lowest BCUT2D eigenvalue weighted by Gasteiger charge is -2.15. The Bertz CT molecular complexity index is 632. The summed E-state index contributed by atoms with van der Waals surface area (Å²) in [7, 11) is 0. The molecule has 1 aliphatic heterocycles. The van der Waals surface area contributed by atoms with Crippen molar-refractivity contribution in [3.8, 4) is 0 Å². The van der Waals surface area contributed by atoms with Crippen LogP contribution >= 0.6 is 0 Å².